The number of rotatable bonds is 6. The molecule has 0 bridgehead atoms. The van der Waals surface area contributed by atoms with Gasteiger partial charge in [0.25, 0.3) is 0 Å². The van der Waals surface area contributed by atoms with E-state index < -0.39 is 5.41 Å². The van der Waals surface area contributed by atoms with Gasteiger partial charge in [0.05, 0.1) is 5.41 Å². The monoisotopic (exact) mass is 366 g/mol. The number of hydrogen-bond acceptors (Lipinski definition) is 2. The molecule has 3 aromatic rings. The number of carbonyl (C=O) groups excluding carboxylic acids is 1. The van der Waals surface area contributed by atoms with E-state index in [0.717, 1.165) is 16.7 Å². The molecule has 3 heteroatoms. The minimum Gasteiger partial charge on any atom is -0.281 e. The summed E-state index contributed by atoms with van der Waals surface area (Å²) < 4.78 is 0. The SMILES string of the molecule is O=C(Cl)CC(S)C(c1ccccc1)(c1ccccc1)c1ccccc1. The zero-order valence-corrected chi connectivity index (χ0v) is 15.3. The Morgan fingerprint density at radius 3 is 1.36 bits per heavy atom. The van der Waals surface area contributed by atoms with Gasteiger partial charge in [-0.05, 0) is 28.3 Å². The van der Waals surface area contributed by atoms with Gasteiger partial charge in [0.2, 0.25) is 5.24 Å². The second kappa shape index (κ2) is 7.90. The maximum atomic E-state index is 11.7. The highest BCUT2D eigenvalue weighted by Gasteiger charge is 2.42. The second-order valence-electron chi connectivity index (χ2n) is 5.98. The van der Waals surface area contributed by atoms with Crippen molar-refractivity contribution < 1.29 is 4.79 Å². The zero-order valence-electron chi connectivity index (χ0n) is 13.7. The average molecular weight is 367 g/mol. The first kappa shape index (κ1) is 17.8. The first-order valence-electron chi connectivity index (χ1n) is 8.18. The summed E-state index contributed by atoms with van der Waals surface area (Å²) in [4.78, 5) is 11.7. The van der Waals surface area contributed by atoms with Crippen molar-refractivity contribution in [3.8, 4) is 0 Å². The molecule has 0 saturated heterocycles. The third kappa shape index (κ3) is 3.51. The number of hydrogen-bond donors (Lipinski definition) is 1. The van der Waals surface area contributed by atoms with E-state index in [1.165, 1.54) is 0 Å². The van der Waals surface area contributed by atoms with Crippen LogP contribution >= 0.6 is 24.2 Å². The molecule has 0 radical (unpaired) electrons. The fourth-order valence-corrected chi connectivity index (χ4v) is 4.36. The third-order valence-electron chi connectivity index (χ3n) is 4.54. The summed E-state index contributed by atoms with van der Waals surface area (Å²) >= 11 is 10.6. The van der Waals surface area contributed by atoms with Gasteiger partial charge in [-0.15, -0.1) is 0 Å². The predicted molar refractivity (Wildman–Crippen MR) is 107 cm³/mol. The van der Waals surface area contributed by atoms with Gasteiger partial charge in [-0.2, -0.15) is 12.6 Å². The summed E-state index contributed by atoms with van der Waals surface area (Å²) in [6.45, 7) is 0. The molecule has 0 aliphatic heterocycles. The number of benzene rings is 3. The molecule has 1 nitrogen and oxygen atoms in total. The van der Waals surface area contributed by atoms with Crippen molar-refractivity contribution in [2.45, 2.75) is 17.1 Å². The van der Waals surface area contributed by atoms with Crippen molar-refractivity contribution in [2.24, 2.45) is 0 Å². The van der Waals surface area contributed by atoms with E-state index in [4.69, 9.17) is 24.2 Å². The molecule has 0 heterocycles. The summed E-state index contributed by atoms with van der Waals surface area (Å²) in [6.07, 6.45) is 0.170. The molecule has 1 atom stereocenters. The van der Waals surface area contributed by atoms with Crippen LogP contribution in [0.1, 0.15) is 23.1 Å². The number of thiol groups is 1. The molecule has 0 N–H and O–H groups in total. The Hall–Kier alpha value is -2.03. The third-order valence-corrected chi connectivity index (χ3v) is 5.27. The van der Waals surface area contributed by atoms with Gasteiger partial charge >= 0.3 is 0 Å². The second-order valence-corrected chi connectivity index (χ2v) is 7.03. The molecule has 0 aromatic heterocycles. The maximum absolute atomic E-state index is 11.7. The topological polar surface area (TPSA) is 17.1 Å². The van der Waals surface area contributed by atoms with E-state index in [0.29, 0.717) is 0 Å². The van der Waals surface area contributed by atoms with Crippen LogP contribution in [0.15, 0.2) is 91.0 Å². The van der Waals surface area contributed by atoms with Crippen LogP contribution in [0.25, 0.3) is 0 Å². The molecule has 25 heavy (non-hydrogen) atoms. The minimum absolute atomic E-state index is 0.170. The highest BCUT2D eigenvalue weighted by molar-refractivity contribution is 7.81. The van der Waals surface area contributed by atoms with Gasteiger partial charge < -0.3 is 0 Å². The maximum Gasteiger partial charge on any atom is 0.222 e. The molecule has 126 valence electrons. The van der Waals surface area contributed by atoms with Crippen LogP contribution in [-0.2, 0) is 10.2 Å². The first-order chi connectivity index (χ1) is 12.2. The fourth-order valence-electron chi connectivity index (χ4n) is 3.49. The van der Waals surface area contributed by atoms with Crippen LogP contribution in [-0.4, -0.2) is 10.5 Å². The summed E-state index contributed by atoms with van der Waals surface area (Å²) in [5.74, 6) is 0. The van der Waals surface area contributed by atoms with E-state index in [-0.39, 0.29) is 16.9 Å². The molecule has 0 fully saturated rings. The quantitative estimate of drug-likeness (QED) is 0.347. The molecule has 0 saturated carbocycles. The van der Waals surface area contributed by atoms with Gasteiger partial charge in [-0.1, -0.05) is 91.0 Å². The summed E-state index contributed by atoms with van der Waals surface area (Å²) in [6, 6.07) is 30.6. The Morgan fingerprint density at radius 1 is 0.760 bits per heavy atom. The number of halogens is 1. The van der Waals surface area contributed by atoms with Crippen molar-refractivity contribution in [1.82, 2.24) is 0 Å². The van der Waals surface area contributed by atoms with Gasteiger partial charge in [-0.25, -0.2) is 0 Å². The normalized spacial score (nSPS) is 12.6. The summed E-state index contributed by atoms with van der Waals surface area (Å²) in [5, 5.41) is -0.683. The fraction of sp³-hybridized carbons (Fsp3) is 0.136. The van der Waals surface area contributed by atoms with Crippen LogP contribution in [0, 0.1) is 0 Å². The molecule has 3 rings (SSSR count). The van der Waals surface area contributed by atoms with Gasteiger partial charge in [0.15, 0.2) is 0 Å². The van der Waals surface area contributed by atoms with Crippen molar-refractivity contribution in [3.63, 3.8) is 0 Å². The van der Waals surface area contributed by atoms with Crippen molar-refractivity contribution in [2.75, 3.05) is 0 Å². The highest BCUT2D eigenvalue weighted by atomic mass is 35.5. The lowest BCUT2D eigenvalue weighted by atomic mass is 9.66. The average Bonchev–Trinajstić information content (AvgIpc) is 2.64. The molecule has 0 aliphatic rings. The Labute approximate surface area is 159 Å². The largest absolute Gasteiger partial charge is 0.281 e. The molecular formula is C22H19ClOS. The molecule has 0 amide bonds. The van der Waals surface area contributed by atoms with E-state index in [1.54, 1.807) is 0 Å². The Bertz CT molecular complexity index is 722. The molecular weight excluding hydrogens is 348 g/mol. The van der Waals surface area contributed by atoms with Crippen LogP contribution < -0.4 is 0 Å². The zero-order chi connectivity index (χ0) is 17.7. The van der Waals surface area contributed by atoms with Gasteiger partial charge in [0, 0.05) is 11.7 Å². The first-order valence-corrected chi connectivity index (χ1v) is 9.08. The Kier molecular flexibility index (Phi) is 5.62. The summed E-state index contributed by atoms with van der Waals surface area (Å²) in [7, 11) is 0. The van der Waals surface area contributed by atoms with E-state index in [9.17, 15) is 4.79 Å². The lowest BCUT2D eigenvalue weighted by Crippen LogP contribution is -2.39. The van der Waals surface area contributed by atoms with E-state index >= 15 is 0 Å². The standard InChI is InChI=1S/C22H19ClOS/c23-21(24)16-20(25)22(17-10-4-1-5-11-17,18-12-6-2-7-13-18)19-14-8-3-9-15-19/h1-15,20,25H,16H2. The predicted octanol–water partition coefficient (Wildman–Crippen LogP) is 5.47. The highest BCUT2D eigenvalue weighted by Crippen LogP contribution is 2.45. The molecule has 1 unspecified atom stereocenters. The van der Waals surface area contributed by atoms with Gasteiger partial charge in [0.1, 0.15) is 0 Å². The van der Waals surface area contributed by atoms with Crippen LogP contribution in [0.3, 0.4) is 0 Å². The molecule has 0 spiro atoms. The lowest BCUT2D eigenvalue weighted by Gasteiger charge is -2.40. The Morgan fingerprint density at radius 2 is 1.08 bits per heavy atom. The minimum atomic E-state index is -0.572. The lowest BCUT2D eigenvalue weighted by molar-refractivity contribution is -0.111. The van der Waals surface area contributed by atoms with Crippen molar-refractivity contribution in [1.29, 1.82) is 0 Å². The van der Waals surface area contributed by atoms with Crippen LogP contribution in [0.5, 0.6) is 0 Å². The Balaban J connectivity index is 2.33. The summed E-state index contributed by atoms with van der Waals surface area (Å²) in [5.41, 5.74) is 2.69. The van der Waals surface area contributed by atoms with Crippen LogP contribution in [0.2, 0.25) is 0 Å². The smallest absolute Gasteiger partial charge is 0.222 e. The van der Waals surface area contributed by atoms with E-state index in [1.807, 2.05) is 54.6 Å². The van der Waals surface area contributed by atoms with Gasteiger partial charge in [-0.3, -0.25) is 4.79 Å². The molecule has 0 aliphatic carbocycles. The van der Waals surface area contributed by atoms with E-state index in [2.05, 4.69) is 36.4 Å². The van der Waals surface area contributed by atoms with Crippen molar-refractivity contribution in [3.05, 3.63) is 108 Å². The van der Waals surface area contributed by atoms with Crippen molar-refractivity contribution >= 4 is 29.5 Å². The molecule has 3 aromatic carbocycles. The van der Waals surface area contributed by atoms with Crippen LogP contribution in [0.4, 0.5) is 0 Å². The number of carbonyl (C=O) groups is 1.